The number of phenols is 1. The molecule has 0 unspecified atom stereocenters. The molecule has 4 heterocycles. The van der Waals surface area contributed by atoms with Crippen LogP contribution in [0.2, 0.25) is 0 Å². The maximum Gasteiger partial charge on any atom is 0.229 e. The monoisotopic (exact) mass is 740 g/mol. The number of phenolic OH excluding ortho intramolecular Hbond substituents is 1. The fourth-order valence-electron chi connectivity index (χ4n) is 6.20. The highest BCUT2D eigenvalue weighted by Crippen LogP contribution is 2.34. The van der Waals surface area contributed by atoms with Crippen molar-refractivity contribution in [3.63, 3.8) is 0 Å². The summed E-state index contributed by atoms with van der Waals surface area (Å²) in [4.78, 5) is 13.5. The third-order valence-electron chi connectivity index (χ3n) is 9.27. The van der Waals surface area contributed by atoms with Crippen molar-refractivity contribution >= 4 is 11.0 Å². The Hall–Kier alpha value is -3.51. The lowest BCUT2D eigenvalue weighted by molar-refractivity contribution is -0.357. The summed E-state index contributed by atoms with van der Waals surface area (Å²) in [5.41, 5.74) is -0.379. The zero-order chi connectivity index (χ0) is 37.6. The first-order valence-electron chi connectivity index (χ1n) is 16.2. The Labute approximate surface area is 293 Å². The number of fused-ring (bicyclic) bond motifs is 1. The minimum atomic E-state index is -1.85. The molecule has 286 valence electrons. The van der Waals surface area contributed by atoms with Crippen LogP contribution in [-0.4, -0.2) is 162 Å². The Morgan fingerprint density at radius 3 is 1.88 bits per heavy atom. The van der Waals surface area contributed by atoms with Crippen LogP contribution in [0.1, 0.15) is 6.92 Å². The van der Waals surface area contributed by atoms with Crippen LogP contribution < -0.4 is 14.9 Å². The van der Waals surface area contributed by atoms with Crippen LogP contribution in [0.25, 0.3) is 22.1 Å². The predicted octanol–water partition coefficient (Wildman–Crippen LogP) is -3.63. The summed E-state index contributed by atoms with van der Waals surface area (Å²) in [5, 5.41) is 112. The first-order chi connectivity index (χ1) is 24.7. The van der Waals surface area contributed by atoms with Crippen LogP contribution in [0.15, 0.2) is 51.9 Å². The zero-order valence-corrected chi connectivity index (χ0v) is 27.3. The molecule has 15 atom stereocenters. The first kappa shape index (κ1) is 38.2. The zero-order valence-electron chi connectivity index (χ0n) is 27.3. The predicted molar refractivity (Wildman–Crippen MR) is 170 cm³/mol. The molecule has 6 rings (SSSR count). The second-order valence-corrected chi connectivity index (χ2v) is 12.7. The molecule has 0 aliphatic carbocycles. The van der Waals surface area contributed by atoms with Gasteiger partial charge < -0.3 is 89.0 Å². The lowest BCUT2D eigenvalue weighted by atomic mass is 9.97. The van der Waals surface area contributed by atoms with E-state index in [2.05, 4.69) is 0 Å². The highest BCUT2D eigenvalue weighted by Gasteiger charge is 2.51. The number of aliphatic hydroxyl groups excluding tert-OH is 10. The quantitative estimate of drug-likeness (QED) is 0.101. The van der Waals surface area contributed by atoms with E-state index in [1.54, 1.807) is 0 Å². The van der Waals surface area contributed by atoms with Gasteiger partial charge in [-0.1, -0.05) is 12.1 Å². The second kappa shape index (κ2) is 15.5. The molecule has 19 nitrogen and oxygen atoms in total. The van der Waals surface area contributed by atoms with Gasteiger partial charge in [0.05, 0.1) is 24.9 Å². The van der Waals surface area contributed by atoms with Gasteiger partial charge in [-0.25, -0.2) is 0 Å². The average molecular weight is 741 g/mol. The van der Waals surface area contributed by atoms with E-state index in [1.165, 1.54) is 37.3 Å². The topological polar surface area (TPSA) is 308 Å². The SMILES string of the molecule is C[C@@H]1O[C@@H](Oc2cc(O)c3c(=O)c(-c4ccc(O[C@@H]5O[C@H](CO)[C@@H](O)[C@H](O)[C@H]5O[C@@H]5O[C@H](CO)[C@@H](O)[C@H](O)[C@H]5O)cc4)coc3c2)[C@H](O)[C@H](O)[C@H]1O. The first-order valence-corrected chi connectivity index (χ1v) is 16.2. The van der Waals surface area contributed by atoms with Gasteiger partial charge in [-0.15, -0.1) is 0 Å². The molecule has 3 aliphatic rings. The highest BCUT2D eigenvalue weighted by atomic mass is 16.8. The number of benzene rings is 2. The molecular weight excluding hydrogens is 700 g/mol. The molecule has 19 heteroatoms. The number of aliphatic hydroxyl groups is 10. The van der Waals surface area contributed by atoms with E-state index < -0.39 is 117 Å². The Kier molecular flexibility index (Phi) is 11.4. The van der Waals surface area contributed by atoms with Gasteiger partial charge in [-0.2, -0.15) is 0 Å². The van der Waals surface area contributed by atoms with Crippen LogP contribution in [0.4, 0.5) is 0 Å². The van der Waals surface area contributed by atoms with Gasteiger partial charge in [0.1, 0.15) is 95.5 Å². The normalized spacial score (nSPS) is 38.2. The van der Waals surface area contributed by atoms with Crippen molar-refractivity contribution in [2.45, 2.75) is 99.0 Å². The van der Waals surface area contributed by atoms with Crippen LogP contribution in [0, 0.1) is 0 Å². The van der Waals surface area contributed by atoms with Gasteiger partial charge in [0.25, 0.3) is 0 Å². The number of rotatable bonds is 9. The smallest absolute Gasteiger partial charge is 0.229 e. The lowest BCUT2D eigenvalue weighted by Gasteiger charge is -2.45. The summed E-state index contributed by atoms with van der Waals surface area (Å²) in [6.07, 6.45) is -22.1. The van der Waals surface area contributed by atoms with Crippen LogP contribution in [-0.2, 0) is 18.9 Å². The van der Waals surface area contributed by atoms with Crippen molar-refractivity contribution in [2.24, 2.45) is 0 Å². The third-order valence-corrected chi connectivity index (χ3v) is 9.27. The summed E-state index contributed by atoms with van der Waals surface area (Å²) in [6, 6.07) is 8.07. The maximum atomic E-state index is 13.5. The van der Waals surface area contributed by atoms with Crippen molar-refractivity contribution in [1.82, 2.24) is 0 Å². The van der Waals surface area contributed by atoms with Crippen LogP contribution in [0.5, 0.6) is 17.2 Å². The summed E-state index contributed by atoms with van der Waals surface area (Å²) < 4.78 is 39.2. The molecule has 3 saturated heterocycles. The molecule has 11 N–H and O–H groups in total. The van der Waals surface area contributed by atoms with E-state index in [9.17, 15) is 61.0 Å². The molecular formula is C33H40O19. The number of hydrogen-bond acceptors (Lipinski definition) is 19. The molecule has 0 amide bonds. The molecule has 1 aromatic heterocycles. The Balaban J connectivity index is 1.20. The molecule has 0 bridgehead atoms. The fourth-order valence-corrected chi connectivity index (χ4v) is 6.20. The van der Waals surface area contributed by atoms with Gasteiger partial charge in [0.15, 0.2) is 12.4 Å². The molecule has 2 aromatic carbocycles. The summed E-state index contributed by atoms with van der Waals surface area (Å²) in [6.45, 7) is -0.0116. The van der Waals surface area contributed by atoms with Gasteiger partial charge in [-0.3, -0.25) is 4.79 Å². The molecule has 0 spiro atoms. The third kappa shape index (κ3) is 7.21. The van der Waals surface area contributed by atoms with E-state index in [-0.39, 0.29) is 28.0 Å². The maximum absolute atomic E-state index is 13.5. The van der Waals surface area contributed by atoms with Crippen molar-refractivity contribution in [3.05, 3.63) is 52.9 Å². The van der Waals surface area contributed by atoms with E-state index >= 15 is 0 Å². The Bertz CT molecular complexity index is 1730. The summed E-state index contributed by atoms with van der Waals surface area (Å²) >= 11 is 0. The molecule has 3 aromatic rings. The van der Waals surface area contributed by atoms with Crippen molar-refractivity contribution in [1.29, 1.82) is 0 Å². The van der Waals surface area contributed by atoms with Crippen molar-refractivity contribution < 1.29 is 89.0 Å². The number of ether oxygens (including phenoxy) is 6. The largest absolute Gasteiger partial charge is 0.507 e. The number of hydrogen-bond donors (Lipinski definition) is 11. The van der Waals surface area contributed by atoms with Gasteiger partial charge >= 0.3 is 0 Å². The van der Waals surface area contributed by atoms with E-state index in [0.717, 1.165) is 12.3 Å². The van der Waals surface area contributed by atoms with Crippen molar-refractivity contribution in [2.75, 3.05) is 13.2 Å². The standard InChI is InChI=1S/C33H40O19/c1-11-21(37)25(41)28(44)31(47-11)49-14-6-16(36)20-17(7-14)46-10-15(22(20)38)12-2-4-13(5-3-12)48-33-30(27(43)24(40)19(9-35)51-33)52-32-29(45)26(42)23(39)18(8-34)50-32/h2-7,10-11,18-19,21,23-37,39-45H,8-9H2,1H3/t11-,18+,19+,21-,23+,24+,25+,26-,27-,28+,29+,30+,31-,32-,33+/m0/s1. The van der Waals surface area contributed by atoms with E-state index in [4.69, 9.17) is 32.8 Å². The second-order valence-electron chi connectivity index (χ2n) is 12.7. The van der Waals surface area contributed by atoms with E-state index in [1.807, 2.05) is 0 Å². The molecule has 3 aliphatic heterocycles. The summed E-state index contributed by atoms with van der Waals surface area (Å²) in [5.74, 6) is -0.520. The van der Waals surface area contributed by atoms with Gasteiger partial charge in [0, 0.05) is 12.1 Å². The lowest BCUT2D eigenvalue weighted by Crippen LogP contribution is -2.65. The number of aromatic hydroxyl groups is 1. The Morgan fingerprint density at radius 2 is 1.23 bits per heavy atom. The summed E-state index contributed by atoms with van der Waals surface area (Å²) in [7, 11) is 0. The fraction of sp³-hybridized carbons (Fsp3) is 0.545. The molecule has 52 heavy (non-hydrogen) atoms. The Morgan fingerprint density at radius 1 is 0.654 bits per heavy atom. The highest BCUT2D eigenvalue weighted by molar-refractivity contribution is 5.88. The molecule has 3 fully saturated rings. The minimum absolute atomic E-state index is 0.0247. The van der Waals surface area contributed by atoms with Crippen LogP contribution in [0.3, 0.4) is 0 Å². The molecule has 0 radical (unpaired) electrons. The van der Waals surface area contributed by atoms with E-state index in [0.29, 0.717) is 5.56 Å². The van der Waals surface area contributed by atoms with Crippen molar-refractivity contribution in [3.8, 4) is 28.4 Å². The van der Waals surface area contributed by atoms with Crippen LogP contribution >= 0.6 is 0 Å². The average Bonchev–Trinajstić information content (AvgIpc) is 3.13. The molecule has 0 saturated carbocycles. The minimum Gasteiger partial charge on any atom is -0.507 e. The van der Waals surface area contributed by atoms with Gasteiger partial charge in [0.2, 0.25) is 18.0 Å². The van der Waals surface area contributed by atoms with Gasteiger partial charge in [-0.05, 0) is 24.6 Å².